The van der Waals surface area contributed by atoms with E-state index < -0.39 is 0 Å². The molecule has 20 heavy (non-hydrogen) atoms. The van der Waals surface area contributed by atoms with Crippen molar-refractivity contribution >= 4 is 11.5 Å². The topological polar surface area (TPSA) is 74.7 Å². The number of aromatic nitrogens is 1. The quantitative estimate of drug-likeness (QED) is 0.864. The zero-order valence-corrected chi connectivity index (χ0v) is 11.6. The van der Waals surface area contributed by atoms with Gasteiger partial charge in [-0.05, 0) is 62.3 Å². The number of hydrogen-bond donors (Lipinski definition) is 2. The predicted molar refractivity (Wildman–Crippen MR) is 77.9 cm³/mol. The number of nitriles is 1. The molecule has 4 bridgehead atoms. The molecule has 4 aliphatic carbocycles. The van der Waals surface area contributed by atoms with Gasteiger partial charge in [-0.15, -0.1) is 0 Å². The lowest BCUT2D eigenvalue weighted by atomic mass is 9.53. The van der Waals surface area contributed by atoms with Crippen LogP contribution >= 0.6 is 0 Å². The van der Waals surface area contributed by atoms with E-state index in [9.17, 15) is 5.26 Å². The third-order valence-corrected chi connectivity index (χ3v) is 5.45. The molecule has 0 unspecified atom stereocenters. The van der Waals surface area contributed by atoms with Crippen LogP contribution in [0.5, 0.6) is 0 Å². The van der Waals surface area contributed by atoms with Crippen molar-refractivity contribution in [3.05, 3.63) is 17.8 Å². The van der Waals surface area contributed by atoms with Crippen molar-refractivity contribution in [3.8, 4) is 6.07 Å². The van der Waals surface area contributed by atoms with Gasteiger partial charge in [-0.25, -0.2) is 4.98 Å². The van der Waals surface area contributed by atoms with Crippen LogP contribution in [0.2, 0.25) is 0 Å². The Morgan fingerprint density at radius 3 is 2.35 bits per heavy atom. The molecule has 1 heterocycles. The van der Waals surface area contributed by atoms with Gasteiger partial charge in [0.15, 0.2) is 0 Å². The minimum absolute atomic E-state index is 0.184. The van der Waals surface area contributed by atoms with Gasteiger partial charge in [0.05, 0.1) is 17.4 Å². The second-order valence-corrected chi connectivity index (χ2v) is 7.10. The highest BCUT2D eigenvalue weighted by Crippen LogP contribution is 2.56. The maximum absolute atomic E-state index is 9.27. The molecule has 0 spiro atoms. The molecule has 0 radical (unpaired) electrons. The number of pyridine rings is 1. The third-order valence-electron chi connectivity index (χ3n) is 5.45. The van der Waals surface area contributed by atoms with Gasteiger partial charge in [0.25, 0.3) is 0 Å². The van der Waals surface area contributed by atoms with Crippen LogP contribution in [0, 0.1) is 29.1 Å². The Bertz CT molecular complexity index is 551. The second kappa shape index (κ2) is 4.12. The van der Waals surface area contributed by atoms with Crippen LogP contribution in [0.25, 0.3) is 0 Å². The molecule has 0 saturated heterocycles. The fourth-order valence-electron chi connectivity index (χ4n) is 5.18. The number of anilines is 2. The van der Waals surface area contributed by atoms with Crippen molar-refractivity contribution in [2.75, 3.05) is 11.1 Å². The lowest BCUT2D eigenvalue weighted by Crippen LogP contribution is -2.55. The van der Waals surface area contributed by atoms with Crippen molar-refractivity contribution in [3.63, 3.8) is 0 Å². The molecular weight excluding hydrogens is 248 g/mol. The van der Waals surface area contributed by atoms with E-state index in [4.69, 9.17) is 5.73 Å². The number of nitrogens with one attached hydrogen (secondary N) is 1. The monoisotopic (exact) mass is 268 g/mol. The van der Waals surface area contributed by atoms with E-state index >= 15 is 0 Å². The maximum atomic E-state index is 9.27. The Hall–Kier alpha value is -1.76. The molecule has 0 aliphatic heterocycles. The average Bonchev–Trinajstić information content (AvgIpc) is 2.39. The lowest BCUT2D eigenvalue weighted by molar-refractivity contribution is 0.0105. The lowest BCUT2D eigenvalue weighted by Gasteiger charge is -2.57. The van der Waals surface area contributed by atoms with Crippen LogP contribution in [0.15, 0.2) is 12.3 Å². The van der Waals surface area contributed by atoms with Crippen LogP contribution in [0.4, 0.5) is 11.5 Å². The summed E-state index contributed by atoms with van der Waals surface area (Å²) in [5.74, 6) is 3.37. The Balaban J connectivity index is 1.65. The smallest absolute Gasteiger partial charge is 0.144 e. The van der Waals surface area contributed by atoms with E-state index in [-0.39, 0.29) is 5.54 Å². The molecule has 5 rings (SSSR count). The Labute approximate surface area is 119 Å². The highest BCUT2D eigenvalue weighted by Gasteiger charge is 2.51. The summed E-state index contributed by atoms with van der Waals surface area (Å²) in [4.78, 5) is 4.37. The molecule has 0 amide bonds. The molecule has 1 aromatic rings. The fourth-order valence-corrected chi connectivity index (χ4v) is 5.18. The number of hydrogen-bond acceptors (Lipinski definition) is 4. The van der Waals surface area contributed by atoms with Crippen molar-refractivity contribution in [2.45, 2.75) is 44.1 Å². The van der Waals surface area contributed by atoms with E-state index in [1.165, 1.54) is 38.5 Å². The van der Waals surface area contributed by atoms with Crippen LogP contribution in [-0.4, -0.2) is 10.5 Å². The first-order chi connectivity index (χ1) is 9.66. The first kappa shape index (κ1) is 12.0. The molecule has 0 atom stereocenters. The summed E-state index contributed by atoms with van der Waals surface area (Å²) in [6.07, 6.45) is 9.63. The van der Waals surface area contributed by atoms with Gasteiger partial charge in [0.2, 0.25) is 0 Å². The van der Waals surface area contributed by atoms with Gasteiger partial charge in [-0.1, -0.05) is 0 Å². The summed E-state index contributed by atoms with van der Waals surface area (Å²) in [6, 6.07) is 3.93. The standard InChI is InChI=1S/C16H20N4/c17-8-13-4-14(18)9-19-15(13)20-16-5-10-1-11(6-16)3-12(2-10)7-16/h4,9-12H,1-3,5-7,18H2,(H,19,20). The largest absolute Gasteiger partial charge is 0.397 e. The highest BCUT2D eigenvalue weighted by atomic mass is 15.1. The van der Waals surface area contributed by atoms with Gasteiger partial charge in [-0.2, -0.15) is 5.26 Å². The zero-order valence-electron chi connectivity index (χ0n) is 11.6. The average molecular weight is 268 g/mol. The summed E-state index contributed by atoms with van der Waals surface area (Å²) >= 11 is 0. The van der Waals surface area contributed by atoms with E-state index in [0.29, 0.717) is 11.3 Å². The van der Waals surface area contributed by atoms with Crippen LogP contribution in [0.1, 0.15) is 44.1 Å². The molecule has 0 aromatic carbocycles. The van der Waals surface area contributed by atoms with Gasteiger partial charge in [0.1, 0.15) is 11.9 Å². The first-order valence-electron chi connectivity index (χ1n) is 7.60. The number of nitrogen functional groups attached to an aromatic ring is 1. The van der Waals surface area contributed by atoms with Crippen LogP contribution in [-0.2, 0) is 0 Å². The minimum atomic E-state index is 0.184. The van der Waals surface area contributed by atoms with E-state index in [2.05, 4.69) is 16.4 Å². The Morgan fingerprint density at radius 2 is 1.80 bits per heavy atom. The van der Waals surface area contributed by atoms with Gasteiger partial charge >= 0.3 is 0 Å². The summed E-state index contributed by atoms with van der Waals surface area (Å²) in [6.45, 7) is 0. The van der Waals surface area contributed by atoms with Crippen LogP contribution in [0.3, 0.4) is 0 Å². The Morgan fingerprint density at radius 1 is 1.20 bits per heavy atom. The van der Waals surface area contributed by atoms with Gasteiger partial charge in [-0.3, -0.25) is 0 Å². The highest BCUT2D eigenvalue weighted by molar-refractivity contribution is 5.58. The van der Waals surface area contributed by atoms with E-state index in [0.717, 1.165) is 23.6 Å². The molecular formula is C16H20N4. The molecule has 4 saturated carbocycles. The first-order valence-corrected chi connectivity index (χ1v) is 7.60. The molecule has 4 aliphatic rings. The van der Waals surface area contributed by atoms with Crippen molar-refractivity contribution in [1.29, 1.82) is 5.26 Å². The zero-order chi connectivity index (χ0) is 13.7. The van der Waals surface area contributed by atoms with Gasteiger partial charge in [0, 0.05) is 5.54 Å². The summed E-state index contributed by atoms with van der Waals surface area (Å²) in [5, 5.41) is 12.9. The van der Waals surface area contributed by atoms with Crippen molar-refractivity contribution < 1.29 is 0 Å². The summed E-state index contributed by atoms with van der Waals surface area (Å²) in [5.41, 5.74) is 7.03. The molecule has 3 N–H and O–H groups in total. The van der Waals surface area contributed by atoms with Crippen molar-refractivity contribution in [1.82, 2.24) is 4.98 Å². The number of rotatable bonds is 2. The van der Waals surface area contributed by atoms with Crippen LogP contribution < -0.4 is 11.1 Å². The molecule has 4 fully saturated rings. The SMILES string of the molecule is N#Cc1cc(N)cnc1NC12CC3CC(CC(C3)C1)C2. The predicted octanol–water partition coefficient (Wildman–Crippen LogP) is 2.92. The van der Waals surface area contributed by atoms with Crippen molar-refractivity contribution in [2.24, 2.45) is 17.8 Å². The molecule has 4 nitrogen and oxygen atoms in total. The maximum Gasteiger partial charge on any atom is 0.144 e. The van der Waals surface area contributed by atoms with Gasteiger partial charge < -0.3 is 11.1 Å². The minimum Gasteiger partial charge on any atom is -0.397 e. The molecule has 1 aromatic heterocycles. The fraction of sp³-hybridized carbons (Fsp3) is 0.625. The number of nitrogens with two attached hydrogens (primary N) is 1. The summed E-state index contributed by atoms with van der Waals surface area (Å²) in [7, 11) is 0. The molecule has 104 valence electrons. The summed E-state index contributed by atoms with van der Waals surface area (Å²) < 4.78 is 0. The Kier molecular flexibility index (Phi) is 2.47. The normalized spacial score (nSPS) is 37.6. The second-order valence-electron chi connectivity index (χ2n) is 7.10. The molecule has 4 heteroatoms. The van der Waals surface area contributed by atoms with E-state index in [1.54, 1.807) is 12.3 Å². The third kappa shape index (κ3) is 1.84. The van der Waals surface area contributed by atoms with E-state index in [1.807, 2.05) is 0 Å². The number of nitrogens with zero attached hydrogens (tertiary/aromatic N) is 2.